The average Bonchev–Trinajstić information content (AvgIpc) is 0.843. The van der Waals surface area contributed by atoms with Crippen LogP contribution < -0.4 is 0 Å². The highest BCUT2D eigenvalue weighted by Crippen LogP contribution is 2.46. The maximum Gasteiger partial charge on any atom is 0.187 e. The molecule has 16 aliphatic heterocycles. The van der Waals surface area contributed by atoms with Crippen LogP contribution in [0.3, 0.4) is 0 Å². The minimum atomic E-state index is -1.10. The van der Waals surface area contributed by atoms with Crippen molar-refractivity contribution in [1.29, 1.82) is 0 Å². The fourth-order valence-corrected chi connectivity index (χ4v) is 17.5. The molecule has 16 heterocycles. The lowest BCUT2D eigenvalue weighted by atomic mass is 9.88. The molecular formula is C78H108O24. The van der Waals surface area contributed by atoms with Crippen molar-refractivity contribution >= 4 is 0 Å². The van der Waals surface area contributed by atoms with Crippen LogP contribution in [-0.4, -0.2) is 270 Å². The van der Waals surface area contributed by atoms with Gasteiger partial charge in [0.05, 0.1) is 36.6 Å². The quantitative estimate of drug-likeness (QED) is 0.0906. The molecule has 564 valence electrons. The lowest BCUT2D eigenvalue weighted by Crippen LogP contribution is -2.69. The van der Waals surface area contributed by atoms with Gasteiger partial charge in [0.15, 0.2) is 37.7 Å². The fraction of sp³-hybridized carbons (Fsp3) is 0.692. The van der Waals surface area contributed by atoms with E-state index in [0.717, 1.165) is 0 Å². The van der Waals surface area contributed by atoms with E-state index in [1.807, 2.05) is 72.9 Å². The first-order valence-corrected chi connectivity index (χ1v) is 36.3. The molecule has 16 saturated heterocycles. The number of ether oxygens (including phenoxy) is 24. The van der Waals surface area contributed by atoms with Crippen LogP contribution in [0.4, 0.5) is 0 Å². The highest BCUT2D eigenvalue weighted by Gasteiger charge is 2.62. The van der Waals surface area contributed by atoms with E-state index in [1.165, 1.54) is 0 Å². The topological polar surface area (TPSA) is 222 Å². The van der Waals surface area contributed by atoms with E-state index < -0.39 is 184 Å². The van der Waals surface area contributed by atoms with Gasteiger partial charge in [-0.2, -0.15) is 0 Å². The van der Waals surface area contributed by atoms with Gasteiger partial charge >= 0.3 is 0 Å². The van der Waals surface area contributed by atoms with E-state index in [4.69, 9.17) is 114 Å². The smallest absolute Gasteiger partial charge is 0.187 e. The number of allylic oxidation sites excluding steroid dienone is 24. The molecule has 30 atom stereocenters. The van der Waals surface area contributed by atoms with Gasteiger partial charge in [0.1, 0.15) is 110 Å². The van der Waals surface area contributed by atoms with Crippen molar-refractivity contribution in [3.05, 3.63) is 146 Å². The summed E-state index contributed by atoms with van der Waals surface area (Å²) in [4.78, 5) is 0. The lowest BCUT2D eigenvalue weighted by molar-refractivity contribution is -0.407. The number of hydrogen-bond acceptors (Lipinski definition) is 24. The van der Waals surface area contributed by atoms with E-state index in [2.05, 4.69) is 72.9 Å². The van der Waals surface area contributed by atoms with Crippen LogP contribution >= 0.6 is 0 Å². The van der Waals surface area contributed by atoms with Gasteiger partial charge in [0.25, 0.3) is 0 Å². The van der Waals surface area contributed by atoms with Crippen LogP contribution in [0.2, 0.25) is 0 Å². The molecule has 0 saturated carbocycles. The minimum Gasteiger partial charge on any atom is -0.376 e. The number of rotatable bonds is 24. The van der Waals surface area contributed by atoms with Crippen molar-refractivity contribution in [2.45, 2.75) is 223 Å². The maximum atomic E-state index is 7.45. The fourth-order valence-electron chi connectivity index (χ4n) is 17.5. The Hall–Kier alpha value is -4.08. The molecule has 24 heteroatoms. The van der Waals surface area contributed by atoms with Gasteiger partial charge < -0.3 is 114 Å². The zero-order valence-corrected chi connectivity index (χ0v) is 60.7. The second-order valence-corrected chi connectivity index (χ2v) is 28.3. The minimum absolute atomic E-state index is 0.0438. The van der Waals surface area contributed by atoms with Gasteiger partial charge in [0, 0.05) is 85.3 Å². The van der Waals surface area contributed by atoms with Gasteiger partial charge in [0.2, 0.25) is 0 Å². The normalized spacial score (nSPS) is 44.0. The van der Waals surface area contributed by atoms with Crippen LogP contribution in [0.25, 0.3) is 0 Å². The first kappa shape index (κ1) is 76.1. The molecular weight excluding hydrogens is 1320 g/mol. The van der Waals surface area contributed by atoms with Crippen molar-refractivity contribution in [3.63, 3.8) is 0 Å². The Bertz CT molecular complexity index is 2470. The molecule has 0 amide bonds. The highest BCUT2D eigenvalue weighted by molar-refractivity contribution is 5.23. The Morgan fingerprint density at radius 2 is 0.284 bits per heavy atom. The Balaban J connectivity index is 0.930. The summed E-state index contributed by atoms with van der Waals surface area (Å²) in [6, 6.07) is 0. The van der Waals surface area contributed by atoms with Gasteiger partial charge in [-0.1, -0.05) is 146 Å². The molecule has 0 N–H and O–H groups in total. The summed E-state index contributed by atoms with van der Waals surface area (Å²) in [6.07, 6.45) is 26.1. The molecule has 102 heavy (non-hydrogen) atoms. The van der Waals surface area contributed by atoms with Crippen LogP contribution in [0.5, 0.6) is 0 Å². The van der Waals surface area contributed by atoms with Crippen molar-refractivity contribution < 1.29 is 114 Å². The van der Waals surface area contributed by atoms with Gasteiger partial charge in [-0.25, -0.2) is 0 Å². The molecule has 0 spiro atoms. The van der Waals surface area contributed by atoms with E-state index in [9.17, 15) is 0 Å². The zero-order valence-electron chi connectivity index (χ0n) is 60.7. The average molecular weight is 1430 g/mol. The molecule has 22 rings (SSSR count). The largest absolute Gasteiger partial charge is 0.376 e. The highest BCUT2D eigenvalue weighted by atomic mass is 16.8. The molecule has 0 aromatic heterocycles. The van der Waals surface area contributed by atoms with Crippen LogP contribution in [0, 0.1) is 35.5 Å². The zero-order chi connectivity index (χ0) is 71.0. The standard InChI is InChI=1S/C78H108O24/c1-79-61-55-49(37-43-25-13-14-26-43)91-73(67(61)85-7)98-56-50(38-44-27-15-16-28-44)93-75(69(87-9)62(56)80-2)100-58-52(40-46-31-19-20-32-46)95-77(71(89-11)64(58)82-4)102-60-54(42-48-35-23-24-36-48)96-78(72(90-12)66(60)84-6)101-59-53(41-47-33-21-22-34-47)94-76(70(88-10)65(59)83-5)99-57-51(39-45-29-17-18-30-45)92-74(97-55)68(86-8)63(57)81-3/h13-36,43-78H,37-42H2,1-12H3/t49-,50-,51-,52-,53-,54-,55-,56-,57-,58-,59-,60-,61+,62+,63+,64+,65+,66+,67-,68-,69-,70-,71-,72?,73-,74-,75-,76-,77-,78-/m1/s1. The van der Waals surface area contributed by atoms with E-state index in [1.54, 1.807) is 85.3 Å². The summed E-state index contributed by atoms with van der Waals surface area (Å²) < 4.78 is 168. The van der Waals surface area contributed by atoms with Crippen molar-refractivity contribution in [3.8, 4) is 0 Å². The van der Waals surface area contributed by atoms with Crippen molar-refractivity contribution in [1.82, 2.24) is 0 Å². The number of methoxy groups -OCH3 is 12. The van der Waals surface area contributed by atoms with E-state index >= 15 is 0 Å². The van der Waals surface area contributed by atoms with Crippen LogP contribution in [0.15, 0.2) is 146 Å². The number of hydrogen-bond donors (Lipinski definition) is 0. The predicted molar refractivity (Wildman–Crippen MR) is 369 cm³/mol. The second-order valence-electron chi connectivity index (χ2n) is 28.3. The van der Waals surface area contributed by atoms with Gasteiger partial charge in [-0.3, -0.25) is 0 Å². The van der Waals surface area contributed by atoms with Crippen LogP contribution in [-0.2, 0) is 114 Å². The summed E-state index contributed by atoms with van der Waals surface area (Å²) in [5.74, 6) is -0.263. The van der Waals surface area contributed by atoms with Crippen molar-refractivity contribution in [2.24, 2.45) is 35.5 Å². The Kier molecular flexibility index (Phi) is 26.7. The van der Waals surface area contributed by atoms with E-state index in [-0.39, 0.29) is 35.5 Å². The Morgan fingerprint density at radius 1 is 0.167 bits per heavy atom. The summed E-state index contributed by atoms with van der Waals surface area (Å²) in [5, 5.41) is 0. The third kappa shape index (κ3) is 16.3. The van der Waals surface area contributed by atoms with E-state index in [0.29, 0.717) is 38.5 Å². The molecule has 0 radical (unpaired) electrons. The molecule has 1 unspecified atom stereocenters. The van der Waals surface area contributed by atoms with Crippen molar-refractivity contribution in [2.75, 3.05) is 85.3 Å². The molecule has 24 nitrogen and oxygen atoms in total. The predicted octanol–water partition coefficient (Wildman–Crippen LogP) is 7.63. The monoisotopic (exact) mass is 1430 g/mol. The van der Waals surface area contributed by atoms with Gasteiger partial charge in [-0.15, -0.1) is 0 Å². The summed E-state index contributed by atoms with van der Waals surface area (Å²) >= 11 is 0. The molecule has 16 fully saturated rings. The molecule has 22 aliphatic rings. The second kappa shape index (κ2) is 35.8. The molecule has 12 bridgehead atoms. The molecule has 0 aromatic rings. The molecule has 0 aromatic carbocycles. The lowest BCUT2D eigenvalue weighted by Gasteiger charge is -2.54. The maximum absolute atomic E-state index is 7.45. The SMILES string of the molecule is COC1[C@H]2O[C@H]3[C@H](OC)[C@@H](OC)[C@@H](O[C@H]4[C@H](OC)[C@@H](OC)[C@@H](O[C@H]5[C@H](OC)[C@@H](OC)[C@@H](O[C@H]6[C@H](OC)[C@@H](OC)[C@@H](O[C@H]7[C@H](OC)[C@@H](OC)[C@@H](O[C@@H]([C@@H]1OC)[C@@H](CC1C=CC=C1)O2)O[C@@H]7CC1C=CC=C1)O[C@@H]6CC1C=CC=C1)O[C@@H]5CC1C=CC=C1)O[C@@H]4CC1C=CC=C1)O[C@@H]3CC1C=CC=C1. The van der Waals surface area contributed by atoms with Gasteiger partial charge in [-0.05, 0) is 74.0 Å². The third-order valence-electron chi connectivity index (χ3n) is 22.6. The molecule has 6 aliphatic carbocycles. The first-order valence-electron chi connectivity index (χ1n) is 36.3. The Morgan fingerprint density at radius 3 is 0.392 bits per heavy atom. The summed E-state index contributed by atoms with van der Waals surface area (Å²) in [7, 11) is 19.4. The summed E-state index contributed by atoms with van der Waals surface area (Å²) in [5.41, 5.74) is 0. The Labute approximate surface area is 600 Å². The first-order chi connectivity index (χ1) is 50.0. The summed E-state index contributed by atoms with van der Waals surface area (Å²) in [6.45, 7) is 0. The third-order valence-corrected chi connectivity index (χ3v) is 22.6. The van der Waals surface area contributed by atoms with Crippen LogP contribution in [0.1, 0.15) is 38.5 Å².